The molecular formula is C10H8N4O3. The zero-order valence-corrected chi connectivity index (χ0v) is 8.68. The summed E-state index contributed by atoms with van der Waals surface area (Å²) in [6.45, 7) is 0. The summed E-state index contributed by atoms with van der Waals surface area (Å²) in [7, 11) is 0. The monoisotopic (exact) mass is 232 g/mol. The molecule has 3 rings (SSSR count). The van der Waals surface area contributed by atoms with Gasteiger partial charge in [-0.3, -0.25) is 15.1 Å². The fourth-order valence-corrected chi connectivity index (χ4v) is 1.66. The molecule has 7 heteroatoms. The van der Waals surface area contributed by atoms with Crippen molar-refractivity contribution in [3.63, 3.8) is 0 Å². The van der Waals surface area contributed by atoms with Crippen LogP contribution in [0, 0.1) is 10.1 Å². The van der Waals surface area contributed by atoms with E-state index in [0.717, 1.165) is 0 Å². The van der Waals surface area contributed by atoms with Crippen LogP contribution in [0.3, 0.4) is 0 Å². The van der Waals surface area contributed by atoms with E-state index < -0.39 is 6.04 Å². The highest BCUT2D eigenvalue weighted by Crippen LogP contribution is 2.42. The zero-order valence-electron chi connectivity index (χ0n) is 8.68. The molecule has 1 saturated carbocycles. The average molecular weight is 232 g/mol. The lowest BCUT2D eigenvalue weighted by Gasteiger charge is -1.89. The molecule has 0 spiro atoms. The van der Waals surface area contributed by atoms with Crippen LogP contribution in [0.2, 0.25) is 0 Å². The Morgan fingerprint density at radius 3 is 3.00 bits per heavy atom. The van der Waals surface area contributed by atoms with Gasteiger partial charge in [0.1, 0.15) is 11.6 Å². The standard InChI is InChI=1S/C10H8N4O3/c15-14(16)8-5-6(8)10-12-9(13-17-10)7-3-1-2-4-11-7/h1-4,6,8H,5H2/t6-,8-/m1/s1. The van der Waals surface area contributed by atoms with Gasteiger partial charge in [0.15, 0.2) is 0 Å². The Labute approximate surface area is 95.6 Å². The van der Waals surface area contributed by atoms with Crippen LogP contribution in [0.5, 0.6) is 0 Å². The van der Waals surface area contributed by atoms with Crippen molar-refractivity contribution in [3.05, 3.63) is 40.4 Å². The van der Waals surface area contributed by atoms with Gasteiger partial charge in [-0.25, -0.2) is 0 Å². The van der Waals surface area contributed by atoms with E-state index in [-0.39, 0.29) is 10.8 Å². The molecular weight excluding hydrogens is 224 g/mol. The fraction of sp³-hybridized carbons (Fsp3) is 0.300. The summed E-state index contributed by atoms with van der Waals surface area (Å²) in [6.07, 6.45) is 2.10. The molecule has 7 nitrogen and oxygen atoms in total. The van der Waals surface area contributed by atoms with Crippen LogP contribution in [-0.4, -0.2) is 26.1 Å². The molecule has 1 fully saturated rings. The number of pyridine rings is 1. The quantitative estimate of drug-likeness (QED) is 0.584. The number of nitrogens with zero attached hydrogens (tertiary/aromatic N) is 4. The minimum Gasteiger partial charge on any atom is -0.338 e. The van der Waals surface area contributed by atoms with Gasteiger partial charge in [0.25, 0.3) is 0 Å². The van der Waals surface area contributed by atoms with Crippen LogP contribution in [-0.2, 0) is 0 Å². The van der Waals surface area contributed by atoms with E-state index in [2.05, 4.69) is 15.1 Å². The number of nitro groups is 1. The van der Waals surface area contributed by atoms with Crippen molar-refractivity contribution < 1.29 is 9.45 Å². The molecule has 86 valence electrons. The second-order valence-electron chi connectivity index (χ2n) is 3.87. The molecule has 0 amide bonds. The van der Waals surface area contributed by atoms with Crippen molar-refractivity contribution >= 4 is 0 Å². The molecule has 0 unspecified atom stereocenters. The smallest absolute Gasteiger partial charge is 0.237 e. The third kappa shape index (κ3) is 1.75. The summed E-state index contributed by atoms with van der Waals surface area (Å²) in [5.74, 6) is 0.455. The SMILES string of the molecule is O=[N+]([O-])[C@@H]1C[C@H]1c1nc(-c2ccccn2)no1. The lowest BCUT2D eigenvalue weighted by molar-refractivity contribution is -0.496. The molecule has 2 aromatic heterocycles. The van der Waals surface area contributed by atoms with Crippen molar-refractivity contribution in [2.75, 3.05) is 0 Å². The van der Waals surface area contributed by atoms with Crippen LogP contribution in [0.4, 0.5) is 0 Å². The number of rotatable bonds is 3. The van der Waals surface area contributed by atoms with E-state index >= 15 is 0 Å². The third-order valence-corrected chi connectivity index (χ3v) is 2.68. The molecule has 1 aliphatic rings. The maximum absolute atomic E-state index is 10.5. The summed E-state index contributed by atoms with van der Waals surface area (Å²) in [5.41, 5.74) is 0.598. The Morgan fingerprint density at radius 1 is 1.47 bits per heavy atom. The molecule has 0 N–H and O–H groups in total. The highest BCUT2D eigenvalue weighted by Gasteiger charge is 2.53. The average Bonchev–Trinajstić information content (AvgIpc) is 3.01. The molecule has 1 aliphatic carbocycles. The zero-order chi connectivity index (χ0) is 11.8. The molecule has 2 atom stereocenters. The summed E-state index contributed by atoms with van der Waals surface area (Å²) in [6, 6.07) is 4.78. The number of aromatic nitrogens is 3. The second kappa shape index (κ2) is 3.62. The van der Waals surface area contributed by atoms with Gasteiger partial charge < -0.3 is 4.52 Å². The van der Waals surface area contributed by atoms with Crippen LogP contribution in [0.1, 0.15) is 18.2 Å². The van der Waals surface area contributed by atoms with E-state index in [1.165, 1.54) is 0 Å². The lowest BCUT2D eigenvalue weighted by atomic mass is 10.3. The van der Waals surface area contributed by atoms with E-state index in [1.54, 1.807) is 18.3 Å². The molecule has 17 heavy (non-hydrogen) atoms. The number of hydrogen-bond acceptors (Lipinski definition) is 6. The lowest BCUT2D eigenvalue weighted by Crippen LogP contribution is -2.02. The van der Waals surface area contributed by atoms with Crippen molar-refractivity contribution in [1.82, 2.24) is 15.1 Å². The fourth-order valence-electron chi connectivity index (χ4n) is 1.66. The predicted octanol–water partition coefficient (Wildman–Crippen LogP) is 1.26. The van der Waals surface area contributed by atoms with Crippen LogP contribution < -0.4 is 0 Å². The van der Waals surface area contributed by atoms with E-state index in [1.807, 2.05) is 6.07 Å². The van der Waals surface area contributed by atoms with Gasteiger partial charge in [0.2, 0.25) is 17.8 Å². The topological polar surface area (TPSA) is 95.0 Å². The molecule has 2 aromatic rings. The van der Waals surface area contributed by atoms with Gasteiger partial charge >= 0.3 is 0 Å². The first-order chi connectivity index (χ1) is 8.25. The highest BCUT2D eigenvalue weighted by atomic mass is 16.6. The first-order valence-corrected chi connectivity index (χ1v) is 5.14. The summed E-state index contributed by atoms with van der Waals surface area (Å²) >= 11 is 0. The molecule has 0 radical (unpaired) electrons. The summed E-state index contributed by atoms with van der Waals surface area (Å²) < 4.78 is 5.02. The van der Waals surface area contributed by atoms with Crippen molar-refractivity contribution in [1.29, 1.82) is 0 Å². The Balaban J connectivity index is 1.83. The summed E-state index contributed by atoms with van der Waals surface area (Å²) in [4.78, 5) is 18.4. The minimum absolute atomic E-state index is 0.241. The largest absolute Gasteiger partial charge is 0.338 e. The van der Waals surface area contributed by atoms with Gasteiger partial charge in [-0.05, 0) is 12.1 Å². The van der Waals surface area contributed by atoms with Crippen LogP contribution >= 0.6 is 0 Å². The van der Waals surface area contributed by atoms with Crippen molar-refractivity contribution in [3.8, 4) is 11.5 Å². The Bertz CT molecular complexity index is 554. The van der Waals surface area contributed by atoms with Crippen molar-refractivity contribution in [2.24, 2.45) is 0 Å². The molecule has 0 bridgehead atoms. The number of hydrogen-bond donors (Lipinski definition) is 0. The van der Waals surface area contributed by atoms with Crippen LogP contribution in [0.15, 0.2) is 28.9 Å². The van der Waals surface area contributed by atoms with E-state index in [4.69, 9.17) is 4.52 Å². The third-order valence-electron chi connectivity index (χ3n) is 2.68. The summed E-state index contributed by atoms with van der Waals surface area (Å²) in [5, 5.41) is 14.3. The van der Waals surface area contributed by atoms with Gasteiger partial charge in [-0.15, -0.1) is 0 Å². The molecule has 0 saturated heterocycles. The maximum atomic E-state index is 10.5. The Kier molecular flexibility index (Phi) is 2.10. The van der Waals surface area contributed by atoms with Crippen LogP contribution in [0.25, 0.3) is 11.5 Å². The minimum atomic E-state index is -0.577. The highest BCUT2D eigenvalue weighted by molar-refractivity contribution is 5.47. The van der Waals surface area contributed by atoms with E-state index in [0.29, 0.717) is 23.8 Å². The Morgan fingerprint density at radius 2 is 2.35 bits per heavy atom. The normalized spacial score (nSPS) is 22.4. The van der Waals surface area contributed by atoms with Gasteiger partial charge in [0.05, 0.1) is 0 Å². The molecule has 0 aromatic carbocycles. The van der Waals surface area contributed by atoms with Crippen molar-refractivity contribution in [2.45, 2.75) is 18.4 Å². The van der Waals surface area contributed by atoms with Gasteiger partial charge in [-0.2, -0.15) is 4.98 Å². The predicted molar refractivity (Wildman–Crippen MR) is 55.7 cm³/mol. The molecule has 0 aliphatic heterocycles. The van der Waals surface area contributed by atoms with Gasteiger partial charge in [-0.1, -0.05) is 11.2 Å². The van der Waals surface area contributed by atoms with Gasteiger partial charge in [0, 0.05) is 17.5 Å². The maximum Gasteiger partial charge on any atom is 0.237 e. The Hall–Kier alpha value is -2.31. The first-order valence-electron chi connectivity index (χ1n) is 5.14. The van der Waals surface area contributed by atoms with E-state index in [9.17, 15) is 10.1 Å². The first kappa shape index (κ1) is 9.88. The molecule has 2 heterocycles. The second-order valence-corrected chi connectivity index (χ2v) is 3.87.